The summed E-state index contributed by atoms with van der Waals surface area (Å²) >= 11 is 0. The molecule has 0 aliphatic heterocycles. The van der Waals surface area contributed by atoms with Gasteiger partial charge in [0.05, 0.1) is 0 Å². The van der Waals surface area contributed by atoms with Crippen LogP contribution in [0.5, 0.6) is 5.88 Å². The fraction of sp³-hybridized carbons (Fsp3) is 0.762. The monoisotopic (exact) mass is 330 g/mol. The summed E-state index contributed by atoms with van der Waals surface area (Å²) in [7, 11) is 2.02. The zero-order valence-electron chi connectivity index (χ0n) is 15.4. The van der Waals surface area contributed by atoms with Gasteiger partial charge in [0, 0.05) is 11.8 Å². The minimum atomic E-state index is 0.413. The maximum atomic E-state index is 6.02. The molecule has 2 fully saturated rings. The Kier molecular flexibility index (Phi) is 6.95. The second kappa shape index (κ2) is 9.41. The van der Waals surface area contributed by atoms with Crippen molar-refractivity contribution < 1.29 is 4.74 Å². The molecule has 3 heteroatoms. The van der Waals surface area contributed by atoms with Crippen LogP contribution in [0.4, 0.5) is 0 Å². The quantitative estimate of drug-likeness (QED) is 0.714. The van der Waals surface area contributed by atoms with Crippen LogP contribution in [0.3, 0.4) is 0 Å². The fourth-order valence-corrected chi connectivity index (χ4v) is 3.97. The molecule has 0 atom stereocenters. The molecule has 2 saturated carbocycles. The first-order valence-corrected chi connectivity index (χ1v) is 10.1. The molecule has 1 aromatic rings. The van der Waals surface area contributed by atoms with Crippen molar-refractivity contribution in [3.05, 3.63) is 23.4 Å². The topological polar surface area (TPSA) is 34.1 Å². The lowest BCUT2D eigenvalue weighted by atomic mass is 9.85. The first-order chi connectivity index (χ1) is 11.8. The highest BCUT2D eigenvalue weighted by molar-refractivity contribution is 5.26. The molecule has 0 unspecified atom stereocenters. The van der Waals surface area contributed by atoms with Crippen LogP contribution in [-0.4, -0.2) is 24.7 Å². The van der Waals surface area contributed by atoms with Crippen molar-refractivity contribution >= 4 is 0 Å². The van der Waals surface area contributed by atoms with Gasteiger partial charge >= 0.3 is 0 Å². The summed E-state index contributed by atoms with van der Waals surface area (Å²) in [5.41, 5.74) is 2.67. The average molecular weight is 331 g/mol. The fourth-order valence-electron chi connectivity index (χ4n) is 3.97. The third-order valence-electron chi connectivity index (χ3n) is 5.78. The van der Waals surface area contributed by atoms with Gasteiger partial charge in [-0.05, 0) is 63.6 Å². The van der Waals surface area contributed by atoms with Crippen LogP contribution in [0.25, 0.3) is 0 Å². The van der Waals surface area contributed by atoms with Crippen LogP contribution >= 0.6 is 0 Å². The van der Waals surface area contributed by atoms with Crippen LogP contribution in [0.15, 0.2) is 12.1 Å². The number of rotatable bonds is 9. The molecule has 3 nitrogen and oxygen atoms in total. The summed E-state index contributed by atoms with van der Waals surface area (Å²) in [6.07, 6.45) is 16.2. The number of ether oxygens (including phenoxy) is 1. The third kappa shape index (κ3) is 5.20. The first-order valence-electron chi connectivity index (χ1n) is 10.1. The Morgan fingerprint density at radius 2 is 1.88 bits per heavy atom. The first kappa shape index (κ1) is 17.7. The largest absolute Gasteiger partial charge is 0.474 e. The number of hydrogen-bond acceptors (Lipinski definition) is 3. The molecule has 134 valence electrons. The minimum absolute atomic E-state index is 0.413. The SMILES string of the molecule is CNCCc1ccc(OC2CCC2)nc1CCCC1CCCCC1. The predicted octanol–water partition coefficient (Wildman–Crippen LogP) is 4.68. The smallest absolute Gasteiger partial charge is 0.213 e. The van der Waals surface area contributed by atoms with E-state index in [2.05, 4.69) is 17.4 Å². The predicted molar refractivity (Wildman–Crippen MR) is 99.6 cm³/mol. The van der Waals surface area contributed by atoms with E-state index in [1.165, 1.54) is 75.5 Å². The molecule has 3 rings (SSSR count). The van der Waals surface area contributed by atoms with E-state index >= 15 is 0 Å². The van der Waals surface area contributed by atoms with Gasteiger partial charge in [-0.1, -0.05) is 44.6 Å². The van der Waals surface area contributed by atoms with Crippen LogP contribution < -0.4 is 10.1 Å². The summed E-state index contributed by atoms with van der Waals surface area (Å²) < 4.78 is 6.02. The molecule has 2 aliphatic carbocycles. The number of aryl methyl sites for hydroxylation is 1. The normalized spacial score (nSPS) is 19.2. The molecule has 1 heterocycles. The Bertz CT molecular complexity index is 493. The molecular formula is C21H34N2O. The van der Waals surface area contributed by atoms with Gasteiger partial charge in [0.1, 0.15) is 6.10 Å². The molecule has 0 amide bonds. The number of likely N-dealkylation sites (N-methyl/N-ethyl adjacent to an activating group) is 1. The van der Waals surface area contributed by atoms with Gasteiger partial charge in [-0.3, -0.25) is 0 Å². The Hall–Kier alpha value is -1.09. The summed E-state index contributed by atoms with van der Waals surface area (Å²) in [6, 6.07) is 4.32. The van der Waals surface area contributed by atoms with Crippen molar-refractivity contribution in [3.8, 4) is 5.88 Å². The highest BCUT2D eigenvalue weighted by Crippen LogP contribution is 2.29. The number of pyridine rings is 1. The number of nitrogens with one attached hydrogen (secondary N) is 1. The van der Waals surface area contributed by atoms with Crippen molar-refractivity contribution in [2.24, 2.45) is 5.92 Å². The van der Waals surface area contributed by atoms with Gasteiger partial charge < -0.3 is 10.1 Å². The van der Waals surface area contributed by atoms with Crippen molar-refractivity contribution in [2.75, 3.05) is 13.6 Å². The van der Waals surface area contributed by atoms with E-state index < -0.39 is 0 Å². The molecule has 24 heavy (non-hydrogen) atoms. The Morgan fingerprint density at radius 3 is 2.58 bits per heavy atom. The van der Waals surface area contributed by atoms with Crippen molar-refractivity contribution in [3.63, 3.8) is 0 Å². The lowest BCUT2D eigenvalue weighted by molar-refractivity contribution is 0.114. The lowest BCUT2D eigenvalue weighted by Crippen LogP contribution is -2.25. The highest BCUT2D eigenvalue weighted by Gasteiger charge is 2.20. The van der Waals surface area contributed by atoms with Gasteiger partial charge in [0.15, 0.2) is 0 Å². The van der Waals surface area contributed by atoms with E-state index in [1.54, 1.807) is 0 Å². The van der Waals surface area contributed by atoms with E-state index in [4.69, 9.17) is 9.72 Å². The maximum absolute atomic E-state index is 6.02. The van der Waals surface area contributed by atoms with Gasteiger partial charge in [0.25, 0.3) is 0 Å². The molecule has 1 N–H and O–H groups in total. The zero-order valence-corrected chi connectivity index (χ0v) is 15.4. The standard InChI is InChI=1S/C21H34N2O/c1-22-16-15-18-13-14-21(24-19-10-6-11-19)23-20(18)12-5-9-17-7-3-2-4-8-17/h13-14,17,19,22H,2-12,15-16H2,1H3. The van der Waals surface area contributed by atoms with E-state index in [9.17, 15) is 0 Å². The van der Waals surface area contributed by atoms with Gasteiger partial charge in [-0.2, -0.15) is 0 Å². The number of nitrogens with zero attached hydrogens (tertiary/aromatic N) is 1. The van der Waals surface area contributed by atoms with E-state index in [0.29, 0.717) is 6.10 Å². The maximum Gasteiger partial charge on any atom is 0.213 e. The van der Waals surface area contributed by atoms with Gasteiger partial charge in [-0.25, -0.2) is 4.98 Å². The van der Waals surface area contributed by atoms with E-state index in [0.717, 1.165) is 31.2 Å². The summed E-state index contributed by atoms with van der Waals surface area (Å²) in [4.78, 5) is 4.88. The van der Waals surface area contributed by atoms with Crippen LogP contribution in [-0.2, 0) is 12.8 Å². The number of aromatic nitrogens is 1. The molecule has 0 aromatic carbocycles. The molecular weight excluding hydrogens is 296 g/mol. The molecule has 0 bridgehead atoms. The second-order valence-corrected chi connectivity index (χ2v) is 7.68. The Labute approximate surface area is 147 Å². The highest BCUT2D eigenvalue weighted by atomic mass is 16.5. The molecule has 1 aromatic heterocycles. The van der Waals surface area contributed by atoms with Crippen LogP contribution in [0, 0.1) is 5.92 Å². The zero-order chi connectivity index (χ0) is 16.6. The van der Waals surface area contributed by atoms with Crippen LogP contribution in [0.2, 0.25) is 0 Å². The van der Waals surface area contributed by atoms with E-state index in [-0.39, 0.29) is 0 Å². The summed E-state index contributed by atoms with van der Waals surface area (Å²) in [6.45, 7) is 1.01. The summed E-state index contributed by atoms with van der Waals surface area (Å²) in [5, 5.41) is 3.26. The second-order valence-electron chi connectivity index (χ2n) is 7.68. The molecule has 2 aliphatic rings. The van der Waals surface area contributed by atoms with Gasteiger partial charge in [0.2, 0.25) is 5.88 Å². The van der Waals surface area contributed by atoms with Crippen molar-refractivity contribution in [2.45, 2.75) is 83.2 Å². The third-order valence-corrected chi connectivity index (χ3v) is 5.78. The lowest BCUT2D eigenvalue weighted by Gasteiger charge is -2.26. The van der Waals surface area contributed by atoms with Crippen molar-refractivity contribution in [1.82, 2.24) is 10.3 Å². The Balaban J connectivity index is 1.56. The Morgan fingerprint density at radius 1 is 1.04 bits per heavy atom. The average Bonchev–Trinajstić information content (AvgIpc) is 2.58. The van der Waals surface area contributed by atoms with Crippen molar-refractivity contribution in [1.29, 1.82) is 0 Å². The summed E-state index contributed by atoms with van der Waals surface area (Å²) in [5.74, 6) is 1.81. The minimum Gasteiger partial charge on any atom is -0.474 e. The number of hydrogen-bond donors (Lipinski definition) is 1. The van der Waals surface area contributed by atoms with Crippen LogP contribution in [0.1, 0.15) is 75.5 Å². The molecule has 0 saturated heterocycles. The molecule has 0 spiro atoms. The molecule has 0 radical (unpaired) electrons. The van der Waals surface area contributed by atoms with Gasteiger partial charge in [-0.15, -0.1) is 0 Å². The van der Waals surface area contributed by atoms with E-state index in [1.807, 2.05) is 7.05 Å².